The molecular weight excluding hydrogens is 469 g/mol. The number of nitrogens with one attached hydrogen (secondary N) is 1. The number of nitrogens with zero attached hydrogens (tertiary/aromatic N) is 3. The number of ether oxygens (including phenoxy) is 1. The Morgan fingerprint density at radius 2 is 1.76 bits per heavy atom. The van der Waals surface area contributed by atoms with Crippen LogP contribution in [-0.4, -0.2) is 38.5 Å². The van der Waals surface area contributed by atoms with Crippen LogP contribution in [0.25, 0.3) is 0 Å². The lowest BCUT2D eigenvalue weighted by molar-refractivity contribution is -0.142. The predicted octanol–water partition coefficient (Wildman–Crippen LogP) is 4.57. The molecule has 180 valence electrons. The molecule has 0 aliphatic carbocycles. The van der Waals surface area contributed by atoms with E-state index in [1.165, 1.54) is 12.1 Å². The Balaban J connectivity index is 1.74. The van der Waals surface area contributed by atoms with Gasteiger partial charge in [0.1, 0.15) is 12.2 Å². The number of rotatable bonds is 9. The van der Waals surface area contributed by atoms with Crippen molar-refractivity contribution < 1.29 is 27.5 Å². The van der Waals surface area contributed by atoms with E-state index in [9.17, 15) is 22.8 Å². The van der Waals surface area contributed by atoms with Gasteiger partial charge >= 0.3 is 12.1 Å². The smallest absolute Gasteiger partial charge is 0.416 e. The minimum absolute atomic E-state index is 0.0691. The first-order valence-corrected chi connectivity index (χ1v) is 11.3. The summed E-state index contributed by atoms with van der Waals surface area (Å²) in [6, 6.07) is 13.7. The van der Waals surface area contributed by atoms with Gasteiger partial charge in [-0.1, -0.05) is 42.1 Å². The van der Waals surface area contributed by atoms with E-state index in [1.807, 2.05) is 30.3 Å². The van der Waals surface area contributed by atoms with Gasteiger partial charge in [0, 0.05) is 5.69 Å². The van der Waals surface area contributed by atoms with Gasteiger partial charge in [0.25, 0.3) is 0 Å². The van der Waals surface area contributed by atoms with Crippen molar-refractivity contribution >= 4 is 29.3 Å². The molecule has 0 aliphatic heterocycles. The molecule has 1 N–H and O–H groups in total. The first-order chi connectivity index (χ1) is 16.2. The topological polar surface area (TPSA) is 86.1 Å². The number of benzene rings is 2. The summed E-state index contributed by atoms with van der Waals surface area (Å²) in [4.78, 5) is 24.7. The number of esters is 1. The van der Waals surface area contributed by atoms with Crippen LogP contribution in [0.1, 0.15) is 30.8 Å². The summed E-state index contributed by atoms with van der Waals surface area (Å²) >= 11 is 1.13. The van der Waals surface area contributed by atoms with E-state index in [-0.39, 0.29) is 18.7 Å². The van der Waals surface area contributed by atoms with E-state index in [1.54, 1.807) is 18.4 Å². The van der Waals surface area contributed by atoms with Crippen molar-refractivity contribution in [3.8, 4) is 0 Å². The van der Waals surface area contributed by atoms with Crippen LogP contribution >= 0.6 is 11.8 Å². The van der Waals surface area contributed by atoms with Gasteiger partial charge in [-0.25, -0.2) is 0 Å². The van der Waals surface area contributed by atoms with Gasteiger partial charge in [-0.05, 0) is 43.7 Å². The van der Waals surface area contributed by atoms with E-state index in [4.69, 9.17) is 4.74 Å². The number of hydrogen-bond donors (Lipinski definition) is 1. The normalized spacial score (nSPS) is 12.3. The maximum Gasteiger partial charge on any atom is 0.416 e. The van der Waals surface area contributed by atoms with Crippen molar-refractivity contribution in [3.05, 3.63) is 71.5 Å². The Kier molecular flexibility index (Phi) is 8.32. The monoisotopic (exact) mass is 492 g/mol. The second-order valence-corrected chi connectivity index (χ2v) is 8.58. The molecular formula is C23H23F3N4O3S. The molecule has 3 aromatic rings. The molecule has 0 fully saturated rings. The van der Waals surface area contributed by atoms with Crippen LogP contribution in [0.2, 0.25) is 0 Å². The third-order valence-electron chi connectivity index (χ3n) is 4.72. The number of carbonyl (C=O) groups is 2. The van der Waals surface area contributed by atoms with E-state index in [0.717, 1.165) is 29.5 Å². The number of anilines is 1. The summed E-state index contributed by atoms with van der Waals surface area (Å²) in [7, 11) is 0. The van der Waals surface area contributed by atoms with Gasteiger partial charge < -0.3 is 14.6 Å². The van der Waals surface area contributed by atoms with Crippen LogP contribution in [-0.2, 0) is 33.5 Å². The summed E-state index contributed by atoms with van der Waals surface area (Å²) in [5.41, 5.74) is 0.409. The molecule has 0 aliphatic rings. The number of halogens is 3. The zero-order valence-electron chi connectivity index (χ0n) is 18.5. The fourth-order valence-corrected chi connectivity index (χ4v) is 3.87. The number of amides is 1. The molecule has 1 amide bonds. The van der Waals surface area contributed by atoms with Crippen LogP contribution in [0.5, 0.6) is 0 Å². The molecule has 3 rings (SSSR count). The van der Waals surface area contributed by atoms with Crippen LogP contribution in [0.3, 0.4) is 0 Å². The van der Waals surface area contributed by atoms with Crippen molar-refractivity contribution in [3.63, 3.8) is 0 Å². The molecule has 1 atom stereocenters. The molecule has 2 aromatic carbocycles. The summed E-state index contributed by atoms with van der Waals surface area (Å²) in [5, 5.41) is 10.7. The summed E-state index contributed by atoms with van der Waals surface area (Å²) in [5.74, 6) is -0.444. The maximum absolute atomic E-state index is 12.7. The summed E-state index contributed by atoms with van der Waals surface area (Å²) in [6.45, 7) is 3.99. The number of alkyl halides is 3. The minimum Gasteiger partial charge on any atom is -0.466 e. The SMILES string of the molecule is CCOC(=O)Cc1nnc(SC(C)C(=O)Nc2ccc(C(F)(F)F)cc2)n1Cc1ccccc1. The largest absolute Gasteiger partial charge is 0.466 e. The standard InChI is InChI=1S/C23H23F3N4O3S/c1-3-33-20(31)13-19-28-29-22(30(19)14-16-7-5-4-6-8-16)34-15(2)21(32)27-18-11-9-17(10-12-18)23(24,25)26/h4-12,15H,3,13-14H2,1-2H3,(H,27,32). The lowest BCUT2D eigenvalue weighted by atomic mass is 10.2. The highest BCUT2D eigenvalue weighted by atomic mass is 32.2. The van der Waals surface area contributed by atoms with Gasteiger partial charge in [0.2, 0.25) is 5.91 Å². The molecule has 0 spiro atoms. The predicted molar refractivity (Wildman–Crippen MR) is 121 cm³/mol. The van der Waals surface area contributed by atoms with Gasteiger partial charge in [-0.15, -0.1) is 10.2 Å². The molecule has 1 heterocycles. The Hall–Kier alpha value is -3.34. The highest BCUT2D eigenvalue weighted by Crippen LogP contribution is 2.30. The minimum atomic E-state index is -4.45. The van der Waals surface area contributed by atoms with Crippen LogP contribution < -0.4 is 5.32 Å². The van der Waals surface area contributed by atoms with E-state index < -0.39 is 28.9 Å². The number of carbonyl (C=O) groups excluding carboxylic acids is 2. The van der Waals surface area contributed by atoms with E-state index in [0.29, 0.717) is 17.5 Å². The molecule has 1 aromatic heterocycles. The van der Waals surface area contributed by atoms with Crippen LogP contribution in [0.15, 0.2) is 59.8 Å². The lowest BCUT2D eigenvalue weighted by Gasteiger charge is -2.14. The molecule has 0 saturated carbocycles. The average molecular weight is 493 g/mol. The third kappa shape index (κ3) is 6.83. The number of aromatic nitrogens is 3. The molecule has 34 heavy (non-hydrogen) atoms. The number of hydrogen-bond acceptors (Lipinski definition) is 6. The van der Waals surface area contributed by atoms with Crippen LogP contribution in [0, 0.1) is 0 Å². The van der Waals surface area contributed by atoms with E-state index >= 15 is 0 Å². The van der Waals surface area contributed by atoms with E-state index in [2.05, 4.69) is 15.5 Å². The van der Waals surface area contributed by atoms with Gasteiger partial charge in [-0.3, -0.25) is 9.59 Å². The van der Waals surface area contributed by atoms with Crippen molar-refractivity contribution in [1.29, 1.82) is 0 Å². The Labute approximate surface area is 198 Å². The first kappa shape index (κ1) is 25.3. The quantitative estimate of drug-likeness (QED) is 0.348. The van der Waals surface area contributed by atoms with Crippen molar-refractivity contribution in [1.82, 2.24) is 14.8 Å². The highest BCUT2D eigenvalue weighted by Gasteiger charge is 2.30. The molecule has 0 bridgehead atoms. The number of thioether (sulfide) groups is 1. The first-order valence-electron chi connectivity index (χ1n) is 10.4. The summed E-state index contributed by atoms with van der Waals surface area (Å²) in [6.07, 6.45) is -4.52. The molecule has 0 radical (unpaired) electrons. The molecule has 0 saturated heterocycles. The Morgan fingerprint density at radius 3 is 2.38 bits per heavy atom. The van der Waals surface area contributed by atoms with Gasteiger partial charge in [0.15, 0.2) is 5.16 Å². The zero-order valence-corrected chi connectivity index (χ0v) is 19.3. The van der Waals surface area contributed by atoms with Crippen molar-refractivity contribution in [2.24, 2.45) is 0 Å². The average Bonchev–Trinajstić information content (AvgIpc) is 3.15. The second-order valence-electron chi connectivity index (χ2n) is 7.28. The second kappa shape index (κ2) is 11.2. The third-order valence-corrected chi connectivity index (χ3v) is 5.80. The summed E-state index contributed by atoms with van der Waals surface area (Å²) < 4.78 is 45.0. The highest BCUT2D eigenvalue weighted by molar-refractivity contribution is 8.00. The van der Waals surface area contributed by atoms with Gasteiger partial charge in [0.05, 0.1) is 24.0 Å². The Morgan fingerprint density at radius 1 is 1.09 bits per heavy atom. The fourth-order valence-electron chi connectivity index (χ4n) is 3.00. The lowest BCUT2D eigenvalue weighted by Crippen LogP contribution is -2.23. The van der Waals surface area contributed by atoms with Gasteiger partial charge in [-0.2, -0.15) is 13.2 Å². The zero-order chi connectivity index (χ0) is 24.7. The molecule has 1 unspecified atom stereocenters. The Bertz CT molecular complexity index is 1120. The van der Waals surface area contributed by atoms with Crippen molar-refractivity contribution in [2.45, 2.75) is 43.4 Å². The maximum atomic E-state index is 12.7. The van der Waals surface area contributed by atoms with Crippen LogP contribution in [0.4, 0.5) is 18.9 Å². The molecule has 7 nitrogen and oxygen atoms in total. The fraction of sp³-hybridized carbons (Fsp3) is 0.304. The molecule has 11 heteroatoms. The van der Waals surface area contributed by atoms with Crippen molar-refractivity contribution in [2.75, 3.05) is 11.9 Å².